The first-order valence-electron chi connectivity index (χ1n) is 8.22. The van der Waals surface area contributed by atoms with Gasteiger partial charge in [0, 0.05) is 11.1 Å². The molecule has 3 aromatic carbocycles. The molecular formula is C21H16N2O4. The molecule has 0 aliphatic carbocycles. The average molecular weight is 360 g/mol. The van der Waals surface area contributed by atoms with Crippen molar-refractivity contribution >= 4 is 28.3 Å². The second-order valence-electron chi connectivity index (χ2n) is 5.73. The Hall–Kier alpha value is -3.85. The molecule has 0 radical (unpaired) electrons. The molecule has 0 heterocycles. The number of nitriles is 1. The molecule has 27 heavy (non-hydrogen) atoms. The van der Waals surface area contributed by atoms with Crippen LogP contribution in [0.25, 0.3) is 10.8 Å². The van der Waals surface area contributed by atoms with Crippen LogP contribution in [0.5, 0.6) is 5.75 Å². The lowest BCUT2D eigenvalue weighted by Gasteiger charge is -2.19. The van der Waals surface area contributed by atoms with Crippen LogP contribution in [0.3, 0.4) is 0 Å². The molecule has 0 bridgehead atoms. The van der Waals surface area contributed by atoms with Crippen LogP contribution in [0.4, 0.5) is 5.69 Å². The van der Waals surface area contributed by atoms with E-state index >= 15 is 0 Å². The molecule has 0 aliphatic rings. The first-order chi connectivity index (χ1) is 13.1. The van der Waals surface area contributed by atoms with Gasteiger partial charge >= 0.3 is 5.97 Å². The topological polar surface area (TPSA) is 90.6 Å². The predicted molar refractivity (Wildman–Crippen MR) is 100 cm³/mol. The van der Waals surface area contributed by atoms with Gasteiger partial charge in [-0.2, -0.15) is 5.26 Å². The Morgan fingerprint density at radius 2 is 1.70 bits per heavy atom. The molecule has 0 unspecified atom stereocenters. The fourth-order valence-electron chi connectivity index (χ4n) is 2.70. The minimum absolute atomic E-state index is 0.0203. The number of nitrogens with zero attached hydrogens (tertiary/aromatic N) is 2. The van der Waals surface area contributed by atoms with Gasteiger partial charge in [-0.1, -0.05) is 48.5 Å². The Balaban J connectivity index is 1.74. The number of carbonyl (C=O) groups is 2. The summed E-state index contributed by atoms with van der Waals surface area (Å²) < 4.78 is 5.07. The van der Waals surface area contributed by atoms with Gasteiger partial charge in [0.05, 0.1) is 6.07 Å². The Kier molecular flexibility index (Phi) is 5.33. The number of ether oxygens (including phenoxy) is 1. The SMILES string of the molecule is N#CCN(C(=O)COC(=O)c1ccc2ccccc2c1O)c1ccccc1. The number of phenols is 1. The second-order valence-corrected chi connectivity index (χ2v) is 5.73. The minimum atomic E-state index is -0.809. The zero-order valence-electron chi connectivity index (χ0n) is 14.3. The van der Waals surface area contributed by atoms with Gasteiger partial charge < -0.3 is 9.84 Å². The van der Waals surface area contributed by atoms with Crippen LogP contribution in [-0.4, -0.2) is 30.1 Å². The van der Waals surface area contributed by atoms with E-state index < -0.39 is 18.5 Å². The zero-order valence-corrected chi connectivity index (χ0v) is 14.3. The standard InChI is InChI=1S/C21H16N2O4/c22-12-13-23(16-7-2-1-3-8-16)19(24)14-27-21(26)18-11-10-15-6-4-5-9-17(15)20(18)25/h1-11,25H,13-14H2. The number of anilines is 1. The van der Waals surface area contributed by atoms with Gasteiger partial charge in [-0.25, -0.2) is 4.79 Å². The molecular weight excluding hydrogens is 344 g/mol. The number of benzene rings is 3. The highest BCUT2D eigenvalue weighted by Gasteiger charge is 2.20. The van der Waals surface area contributed by atoms with Crippen molar-refractivity contribution in [3.63, 3.8) is 0 Å². The summed E-state index contributed by atoms with van der Waals surface area (Å²) in [5.41, 5.74) is 0.515. The third-order valence-corrected chi connectivity index (χ3v) is 4.04. The molecule has 134 valence electrons. The molecule has 1 amide bonds. The van der Waals surface area contributed by atoms with Crippen molar-refractivity contribution in [2.24, 2.45) is 0 Å². The molecule has 1 N–H and O–H groups in total. The molecule has 6 heteroatoms. The second kappa shape index (κ2) is 8.02. The minimum Gasteiger partial charge on any atom is -0.506 e. The Morgan fingerprint density at radius 1 is 1.00 bits per heavy atom. The van der Waals surface area contributed by atoms with E-state index in [1.807, 2.05) is 18.2 Å². The van der Waals surface area contributed by atoms with E-state index in [-0.39, 0.29) is 17.9 Å². The van der Waals surface area contributed by atoms with Crippen molar-refractivity contribution in [2.45, 2.75) is 0 Å². The Morgan fingerprint density at radius 3 is 2.44 bits per heavy atom. The maximum absolute atomic E-state index is 12.4. The van der Waals surface area contributed by atoms with Crippen molar-refractivity contribution < 1.29 is 19.4 Å². The summed E-state index contributed by atoms with van der Waals surface area (Å²) >= 11 is 0. The van der Waals surface area contributed by atoms with E-state index in [1.54, 1.807) is 48.5 Å². The third-order valence-electron chi connectivity index (χ3n) is 4.04. The van der Waals surface area contributed by atoms with Crippen molar-refractivity contribution in [3.8, 4) is 11.8 Å². The lowest BCUT2D eigenvalue weighted by Crippen LogP contribution is -2.35. The molecule has 0 aliphatic heterocycles. The number of hydrogen-bond acceptors (Lipinski definition) is 5. The van der Waals surface area contributed by atoms with Gasteiger partial charge in [0.15, 0.2) is 6.61 Å². The molecule has 3 aromatic rings. The fraction of sp³-hybridized carbons (Fsp3) is 0.0952. The quantitative estimate of drug-likeness (QED) is 0.557. The first-order valence-corrected chi connectivity index (χ1v) is 8.22. The molecule has 0 fully saturated rings. The summed E-state index contributed by atoms with van der Waals surface area (Å²) in [6.45, 7) is -0.705. The van der Waals surface area contributed by atoms with Gasteiger partial charge in [-0.05, 0) is 23.6 Å². The van der Waals surface area contributed by atoms with Crippen molar-refractivity contribution in [3.05, 3.63) is 72.3 Å². The summed E-state index contributed by atoms with van der Waals surface area (Å²) in [7, 11) is 0. The summed E-state index contributed by atoms with van der Waals surface area (Å²) in [5.74, 6) is -1.53. The largest absolute Gasteiger partial charge is 0.506 e. The summed E-state index contributed by atoms with van der Waals surface area (Å²) in [4.78, 5) is 25.9. The normalized spacial score (nSPS) is 10.2. The smallest absolute Gasteiger partial charge is 0.342 e. The monoisotopic (exact) mass is 360 g/mol. The first kappa shape index (κ1) is 18.0. The number of amides is 1. The highest BCUT2D eigenvalue weighted by molar-refractivity contribution is 6.02. The van der Waals surface area contributed by atoms with E-state index in [2.05, 4.69) is 0 Å². The number of esters is 1. The van der Waals surface area contributed by atoms with Crippen molar-refractivity contribution in [1.29, 1.82) is 5.26 Å². The Labute approximate surface area is 155 Å². The molecule has 3 rings (SSSR count). The molecule has 0 aromatic heterocycles. The van der Waals surface area contributed by atoms with Crippen LogP contribution in [0.1, 0.15) is 10.4 Å². The molecule has 6 nitrogen and oxygen atoms in total. The molecule has 0 atom stereocenters. The van der Waals surface area contributed by atoms with Crippen LogP contribution in [0.15, 0.2) is 66.7 Å². The summed E-state index contributed by atoms with van der Waals surface area (Å²) in [6.07, 6.45) is 0. The van der Waals surface area contributed by atoms with Crippen LogP contribution in [0.2, 0.25) is 0 Å². The van der Waals surface area contributed by atoms with Crippen LogP contribution < -0.4 is 4.90 Å². The van der Waals surface area contributed by atoms with E-state index in [0.717, 1.165) is 5.39 Å². The Bertz CT molecular complexity index is 1030. The predicted octanol–water partition coefficient (Wildman–Crippen LogP) is 3.26. The van der Waals surface area contributed by atoms with E-state index in [1.165, 1.54) is 11.0 Å². The fourth-order valence-corrected chi connectivity index (χ4v) is 2.70. The maximum atomic E-state index is 12.4. The number of aromatic hydroxyl groups is 1. The average Bonchev–Trinajstić information content (AvgIpc) is 2.71. The summed E-state index contributed by atoms with van der Waals surface area (Å²) in [6, 6.07) is 20.8. The summed E-state index contributed by atoms with van der Waals surface area (Å²) in [5, 5.41) is 20.6. The lowest BCUT2D eigenvalue weighted by molar-refractivity contribution is -0.121. The number of para-hydroxylation sites is 1. The van der Waals surface area contributed by atoms with Gasteiger partial charge in [0.25, 0.3) is 5.91 Å². The number of fused-ring (bicyclic) bond motifs is 1. The molecule has 0 saturated carbocycles. The number of rotatable bonds is 5. The molecule has 0 spiro atoms. The van der Waals surface area contributed by atoms with Gasteiger partial charge in [0.2, 0.25) is 0 Å². The van der Waals surface area contributed by atoms with Crippen molar-refractivity contribution in [2.75, 3.05) is 18.1 Å². The van der Waals surface area contributed by atoms with Gasteiger partial charge in [-0.15, -0.1) is 0 Å². The number of phenolic OH excluding ortho intramolecular Hbond substituents is 1. The highest BCUT2D eigenvalue weighted by atomic mass is 16.5. The zero-order chi connectivity index (χ0) is 19.2. The van der Waals surface area contributed by atoms with Crippen molar-refractivity contribution in [1.82, 2.24) is 0 Å². The van der Waals surface area contributed by atoms with Gasteiger partial charge in [0.1, 0.15) is 17.9 Å². The lowest BCUT2D eigenvalue weighted by atomic mass is 10.1. The van der Waals surface area contributed by atoms with Crippen LogP contribution in [0, 0.1) is 11.3 Å². The number of hydrogen-bond donors (Lipinski definition) is 1. The van der Waals surface area contributed by atoms with Crippen LogP contribution >= 0.6 is 0 Å². The van der Waals surface area contributed by atoms with E-state index in [4.69, 9.17) is 10.00 Å². The third kappa shape index (κ3) is 3.88. The van der Waals surface area contributed by atoms with E-state index in [0.29, 0.717) is 11.1 Å². The highest BCUT2D eigenvalue weighted by Crippen LogP contribution is 2.29. The van der Waals surface area contributed by atoms with E-state index in [9.17, 15) is 14.7 Å². The number of carbonyl (C=O) groups excluding carboxylic acids is 2. The van der Waals surface area contributed by atoms with Gasteiger partial charge in [-0.3, -0.25) is 9.69 Å². The maximum Gasteiger partial charge on any atom is 0.342 e. The molecule has 0 saturated heterocycles. The van der Waals surface area contributed by atoms with Crippen LogP contribution in [-0.2, 0) is 9.53 Å².